The molecule has 2 aromatic heterocycles. The zero-order chi connectivity index (χ0) is 30.6. The number of aromatic nitrogens is 2. The number of nitrogens with one attached hydrogen (secondary N) is 2. The number of esters is 1. The maximum atomic E-state index is 13.5. The van der Waals surface area contributed by atoms with Gasteiger partial charge in [-0.25, -0.2) is 14.6 Å². The Bertz CT molecular complexity index is 1450. The summed E-state index contributed by atoms with van der Waals surface area (Å²) in [5, 5.41) is 3.76. The number of hydrogen-bond donors (Lipinski definition) is 2. The highest BCUT2D eigenvalue weighted by Gasteiger charge is 2.33. The van der Waals surface area contributed by atoms with Gasteiger partial charge < -0.3 is 19.4 Å². The van der Waals surface area contributed by atoms with E-state index in [2.05, 4.69) is 26.3 Å². The minimum atomic E-state index is -0.579. The van der Waals surface area contributed by atoms with Crippen LogP contribution in [0.5, 0.6) is 0 Å². The van der Waals surface area contributed by atoms with E-state index in [1.54, 1.807) is 6.20 Å². The standard InChI is InChI=1S/C33H43N5O5/c1-5-42-31(40)29-28(25-8-6-7-9-26(25)35-29)23-13-18-38(19-14-23)30(39)24-11-16-37(17-12-24)21-22-10-15-34-27(20-22)36-32(41)43-33(2,3)4/h6-10,15,20,23-24,35H,5,11-14,16-19,21H2,1-4H3,(H,34,36,41). The molecule has 1 aromatic carbocycles. The molecule has 0 bridgehead atoms. The van der Waals surface area contributed by atoms with Gasteiger partial charge in [-0.05, 0) is 102 Å². The van der Waals surface area contributed by atoms with Gasteiger partial charge in [-0.2, -0.15) is 0 Å². The predicted octanol–water partition coefficient (Wildman–Crippen LogP) is 5.70. The van der Waals surface area contributed by atoms with E-state index in [0.29, 0.717) is 31.2 Å². The third kappa shape index (κ3) is 7.54. The average Bonchev–Trinajstić information content (AvgIpc) is 3.36. The Morgan fingerprint density at radius 3 is 2.44 bits per heavy atom. The van der Waals surface area contributed by atoms with Gasteiger partial charge in [0.05, 0.1) is 6.61 Å². The van der Waals surface area contributed by atoms with E-state index in [0.717, 1.165) is 67.3 Å². The Kier molecular flexibility index (Phi) is 9.34. The molecule has 2 N–H and O–H groups in total. The number of carbonyl (C=O) groups excluding carboxylic acids is 3. The van der Waals surface area contributed by atoms with Gasteiger partial charge in [0.15, 0.2) is 0 Å². The van der Waals surface area contributed by atoms with Crippen molar-refractivity contribution in [2.75, 3.05) is 38.1 Å². The lowest BCUT2D eigenvalue weighted by Crippen LogP contribution is -2.45. The number of piperidine rings is 2. The minimum absolute atomic E-state index is 0.0258. The molecule has 230 valence electrons. The van der Waals surface area contributed by atoms with E-state index < -0.39 is 11.7 Å². The maximum absolute atomic E-state index is 13.5. The van der Waals surface area contributed by atoms with E-state index >= 15 is 0 Å². The van der Waals surface area contributed by atoms with Crippen molar-refractivity contribution >= 4 is 34.7 Å². The van der Waals surface area contributed by atoms with Crippen molar-refractivity contribution in [2.45, 2.75) is 71.4 Å². The molecule has 0 aliphatic carbocycles. The van der Waals surface area contributed by atoms with Crippen LogP contribution in [0.4, 0.5) is 10.6 Å². The molecule has 4 heterocycles. The van der Waals surface area contributed by atoms with Gasteiger partial charge in [0.25, 0.3) is 0 Å². The molecule has 0 atom stereocenters. The number of benzene rings is 1. The summed E-state index contributed by atoms with van der Waals surface area (Å²) in [6, 6.07) is 11.8. The lowest BCUT2D eigenvalue weighted by Gasteiger charge is -2.37. The van der Waals surface area contributed by atoms with Gasteiger partial charge in [-0.15, -0.1) is 0 Å². The first-order valence-electron chi connectivity index (χ1n) is 15.3. The Morgan fingerprint density at radius 1 is 1.02 bits per heavy atom. The minimum Gasteiger partial charge on any atom is -0.461 e. The Hall–Kier alpha value is -3.92. The average molecular weight is 590 g/mol. The van der Waals surface area contributed by atoms with Crippen LogP contribution in [0.15, 0.2) is 42.6 Å². The topological polar surface area (TPSA) is 117 Å². The molecule has 5 rings (SSSR count). The Labute approximate surface area is 253 Å². The van der Waals surface area contributed by atoms with Gasteiger partial charge in [0, 0.05) is 42.7 Å². The fourth-order valence-electron chi connectivity index (χ4n) is 6.24. The molecule has 0 spiro atoms. The SMILES string of the molecule is CCOC(=O)c1[nH]c2ccccc2c1C1CCN(C(=O)C2CCN(Cc3ccnc(NC(=O)OC(C)(C)C)c3)CC2)CC1. The van der Waals surface area contributed by atoms with Crippen LogP contribution in [0.2, 0.25) is 0 Å². The van der Waals surface area contributed by atoms with Crippen LogP contribution in [0.1, 0.15) is 80.9 Å². The van der Waals surface area contributed by atoms with Gasteiger partial charge in [0.1, 0.15) is 17.1 Å². The quantitative estimate of drug-likeness (QED) is 0.339. The third-order valence-electron chi connectivity index (χ3n) is 8.24. The molecule has 0 saturated carbocycles. The van der Waals surface area contributed by atoms with E-state index in [1.807, 2.05) is 62.9 Å². The fourth-order valence-corrected chi connectivity index (χ4v) is 6.24. The third-order valence-corrected chi connectivity index (χ3v) is 8.24. The Morgan fingerprint density at radius 2 is 1.74 bits per heavy atom. The molecule has 2 amide bonds. The largest absolute Gasteiger partial charge is 0.461 e. The lowest BCUT2D eigenvalue weighted by molar-refractivity contribution is -0.138. The summed E-state index contributed by atoms with van der Waals surface area (Å²) in [5.41, 5.74) is 2.97. The molecule has 2 fully saturated rings. The van der Waals surface area contributed by atoms with Crippen LogP contribution in [-0.2, 0) is 20.8 Å². The van der Waals surface area contributed by atoms with Crippen molar-refractivity contribution in [1.82, 2.24) is 19.8 Å². The number of fused-ring (bicyclic) bond motifs is 1. The number of ether oxygens (including phenoxy) is 2. The molecular weight excluding hydrogens is 546 g/mol. The number of para-hydroxylation sites is 1. The van der Waals surface area contributed by atoms with Crippen LogP contribution < -0.4 is 5.32 Å². The number of pyridine rings is 1. The van der Waals surface area contributed by atoms with E-state index in [1.165, 1.54) is 0 Å². The highest BCUT2D eigenvalue weighted by atomic mass is 16.6. The van der Waals surface area contributed by atoms with Crippen molar-refractivity contribution in [2.24, 2.45) is 5.92 Å². The highest BCUT2D eigenvalue weighted by molar-refractivity contribution is 5.98. The van der Waals surface area contributed by atoms with E-state index in [9.17, 15) is 14.4 Å². The first-order chi connectivity index (χ1) is 20.6. The molecule has 2 saturated heterocycles. The zero-order valence-electron chi connectivity index (χ0n) is 25.7. The Balaban J connectivity index is 1.13. The van der Waals surface area contributed by atoms with Gasteiger partial charge in [0.2, 0.25) is 5.91 Å². The molecule has 0 unspecified atom stereocenters. The second kappa shape index (κ2) is 13.2. The van der Waals surface area contributed by atoms with Crippen molar-refractivity contribution in [3.05, 3.63) is 59.4 Å². The highest BCUT2D eigenvalue weighted by Crippen LogP contribution is 2.37. The number of anilines is 1. The summed E-state index contributed by atoms with van der Waals surface area (Å²) in [5.74, 6) is 0.605. The number of aromatic amines is 1. The summed E-state index contributed by atoms with van der Waals surface area (Å²) in [7, 11) is 0. The van der Waals surface area contributed by atoms with Gasteiger partial charge >= 0.3 is 12.1 Å². The molecule has 2 aliphatic heterocycles. The summed E-state index contributed by atoms with van der Waals surface area (Å²) >= 11 is 0. The second-order valence-electron chi connectivity index (χ2n) is 12.5. The number of carbonyl (C=O) groups is 3. The maximum Gasteiger partial charge on any atom is 0.413 e. The first kappa shape index (κ1) is 30.5. The molecule has 3 aromatic rings. The van der Waals surface area contributed by atoms with Crippen LogP contribution in [-0.4, -0.2) is 76.1 Å². The summed E-state index contributed by atoms with van der Waals surface area (Å²) in [6.45, 7) is 11.4. The summed E-state index contributed by atoms with van der Waals surface area (Å²) < 4.78 is 10.7. The fraction of sp³-hybridized carbons (Fsp3) is 0.515. The van der Waals surface area contributed by atoms with Gasteiger partial charge in [-0.3, -0.25) is 15.0 Å². The number of H-pyrrole nitrogens is 1. The molecule has 10 heteroatoms. The number of hydrogen-bond acceptors (Lipinski definition) is 7. The monoisotopic (exact) mass is 589 g/mol. The summed E-state index contributed by atoms with van der Waals surface area (Å²) in [6.07, 6.45) is 4.45. The predicted molar refractivity (Wildman–Crippen MR) is 165 cm³/mol. The molecule has 2 aliphatic rings. The number of likely N-dealkylation sites (tertiary alicyclic amines) is 2. The summed E-state index contributed by atoms with van der Waals surface area (Å²) in [4.78, 5) is 50.3. The number of nitrogens with zero attached hydrogens (tertiary/aromatic N) is 3. The van der Waals surface area contributed by atoms with Crippen molar-refractivity contribution in [3.8, 4) is 0 Å². The normalized spacial score (nSPS) is 17.2. The second-order valence-corrected chi connectivity index (χ2v) is 12.5. The van der Waals surface area contributed by atoms with Crippen molar-refractivity contribution < 1.29 is 23.9 Å². The van der Waals surface area contributed by atoms with Crippen LogP contribution in [0, 0.1) is 5.92 Å². The number of rotatable bonds is 7. The van der Waals surface area contributed by atoms with E-state index in [4.69, 9.17) is 9.47 Å². The molecule has 43 heavy (non-hydrogen) atoms. The lowest BCUT2D eigenvalue weighted by atomic mass is 9.86. The molecule has 0 radical (unpaired) electrons. The molecular formula is C33H43N5O5. The van der Waals surface area contributed by atoms with Crippen LogP contribution >= 0.6 is 0 Å². The molecule has 10 nitrogen and oxygen atoms in total. The van der Waals surface area contributed by atoms with Crippen LogP contribution in [0.25, 0.3) is 10.9 Å². The van der Waals surface area contributed by atoms with E-state index in [-0.39, 0.29) is 23.7 Å². The van der Waals surface area contributed by atoms with Gasteiger partial charge in [-0.1, -0.05) is 18.2 Å². The van der Waals surface area contributed by atoms with Crippen LogP contribution in [0.3, 0.4) is 0 Å². The smallest absolute Gasteiger partial charge is 0.413 e. The first-order valence-corrected chi connectivity index (χ1v) is 15.3. The zero-order valence-corrected chi connectivity index (χ0v) is 25.7. The van der Waals surface area contributed by atoms with Crippen molar-refractivity contribution in [3.63, 3.8) is 0 Å². The van der Waals surface area contributed by atoms with Crippen molar-refractivity contribution in [1.29, 1.82) is 0 Å². The number of amides is 2.